The van der Waals surface area contributed by atoms with Crippen LogP contribution in [0, 0.1) is 6.92 Å². The van der Waals surface area contributed by atoms with E-state index in [-0.39, 0.29) is 11.8 Å². The Morgan fingerprint density at radius 2 is 1.87 bits per heavy atom. The minimum absolute atomic E-state index is 0.100. The van der Waals surface area contributed by atoms with Crippen molar-refractivity contribution in [3.05, 3.63) is 77.6 Å². The third-order valence-corrected chi connectivity index (χ3v) is 5.42. The molecule has 1 aliphatic rings. The lowest BCUT2D eigenvalue weighted by molar-refractivity contribution is -0.116. The Kier molecular flexibility index (Phi) is 4.66. The Morgan fingerprint density at radius 3 is 2.68 bits per heavy atom. The lowest BCUT2D eigenvalue weighted by Crippen LogP contribution is -2.25. The molecule has 2 aromatic carbocycles. The molecule has 1 atom stereocenters. The summed E-state index contributed by atoms with van der Waals surface area (Å²) >= 11 is 0. The van der Waals surface area contributed by atoms with Crippen molar-refractivity contribution < 1.29 is 9.53 Å². The molecule has 0 radical (unpaired) electrons. The van der Waals surface area contributed by atoms with E-state index < -0.39 is 0 Å². The van der Waals surface area contributed by atoms with E-state index in [0.29, 0.717) is 23.9 Å². The molecule has 0 saturated carbocycles. The zero-order valence-electron chi connectivity index (χ0n) is 17.1. The normalized spacial score (nSPS) is 15.3. The highest BCUT2D eigenvalue weighted by Crippen LogP contribution is 2.42. The molecule has 1 amide bonds. The molecule has 8 heteroatoms. The van der Waals surface area contributed by atoms with Gasteiger partial charge in [0.1, 0.15) is 11.6 Å². The predicted octanol–water partition coefficient (Wildman–Crippen LogP) is 3.52. The number of para-hydroxylation sites is 1. The van der Waals surface area contributed by atoms with E-state index in [2.05, 4.69) is 25.6 Å². The summed E-state index contributed by atoms with van der Waals surface area (Å²) < 4.78 is 7.11. The topological polar surface area (TPSA) is 94.8 Å². The molecular weight excluding hydrogens is 392 g/mol. The van der Waals surface area contributed by atoms with Gasteiger partial charge in [-0.25, -0.2) is 4.98 Å². The Labute approximate surface area is 178 Å². The second-order valence-electron chi connectivity index (χ2n) is 7.31. The summed E-state index contributed by atoms with van der Waals surface area (Å²) in [5.74, 6) is 1.32. The molecule has 1 N–H and O–H groups in total. The molecule has 154 valence electrons. The highest BCUT2D eigenvalue weighted by molar-refractivity contribution is 5.95. The number of aryl methyl sites for hydroxylation is 1. The number of anilines is 1. The van der Waals surface area contributed by atoms with E-state index in [1.807, 2.05) is 61.5 Å². The first-order valence-electron chi connectivity index (χ1n) is 9.93. The van der Waals surface area contributed by atoms with Crippen LogP contribution in [0.5, 0.6) is 5.75 Å². The number of carbonyl (C=O) groups excluding carboxylic acids is 1. The fourth-order valence-electron chi connectivity index (χ4n) is 4.04. The lowest BCUT2D eigenvalue weighted by Gasteiger charge is -2.25. The number of fused-ring (bicyclic) bond motifs is 1. The third kappa shape index (κ3) is 3.31. The van der Waals surface area contributed by atoms with Crippen molar-refractivity contribution in [2.24, 2.45) is 0 Å². The molecular formula is C23H20N6O2. The smallest absolute Gasteiger partial charge is 0.272 e. The van der Waals surface area contributed by atoms with E-state index in [0.717, 1.165) is 28.1 Å². The van der Waals surface area contributed by atoms with E-state index in [9.17, 15) is 4.79 Å². The fraction of sp³-hybridized carbons (Fsp3) is 0.174. The minimum Gasteiger partial charge on any atom is -0.496 e. The first-order chi connectivity index (χ1) is 15.2. The van der Waals surface area contributed by atoms with Crippen molar-refractivity contribution in [3.8, 4) is 23.0 Å². The molecule has 0 spiro atoms. The van der Waals surface area contributed by atoms with Gasteiger partial charge in [0, 0.05) is 29.0 Å². The van der Waals surface area contributed by atoms with Gasteiger partial charge in [0.2, 0.25) is 5.91 Å². The number of ether oxygens (including phenoxy) is 1. The summed E-state index contributed by atoms with van der Waals surface area (Å²) in [5.41, 5.74) is 4.27. The van der Waals surface area contributed by atoms with Gasteiger partial charge in [-0.3, -0.25) is 4.79 Å². The number of benzene rings is 2. The summed E-state index contributed by atoms with van der Waals surface area (Å²) in [7, 11) is 1.63. The average Bonchev–Trinajstić information content (AvgIpc) is 3.15. The van der Waals surface area contributed by atoms with Crippen molar-refractivity contribution in [2.75, 3.05) is 12.4 Å². The van der Waals surface area contributed by atoms with Crippen molar-refractivity contribution in [3.63, 3.8) is 0 Å². The quantitative estimate of drug-likeness (QED) is 0.551. The number of nitrogens with one attached hydrogen (secondary N) is 1. The van der Waals surface area contributed by atoms with Crippen LogP contribution in [-0.4, -0.2) is 38.0 Å². The highest BCUT2D eigenvalue weighted by atomic mass is 16.5. The molecule has 4 aromatic rings. The Hall–Kier alpha value is -4.07. The van der Waals surface area contributed by atoms with Gasteiger partial charge in [-0.2, -0.15) is 14.9 Å². The van der Waals surface area contributed by atoms with Crippen molar-refractivity contribution in [1.82, 2.24) is 25.0 Å². The van der Waals surface area contributed by atoms with Crippen LogP contribution in [0.25, 0.3) is 17.2 Å². The number of nitrogens with zero attached hydrogens (tertiary/aromatic N) is 5. The predicted molar refractivity (Wildman–Crippen MR) is 115 cm³/mol. The maximum absolute atomic E-state index is 12.6. The minimum atomic E-state index is -0.182. The fourth-order valence-corrected chi connectivity index (χ4v) is 4.04. The molecule has 8 nitrogen and oxygen atoms in total. The Bertz CT molecular complexity index is 1270. The maximum Gasteiger partial charge on any atom is 0.272 e. The van der Waals surface area contributed by atoms with Gasteiger partial charge in [0.15, 0.2) is 0 Å². The number of amides is 1. The zero-order valence-corrected chi connectivity index (χ0v) is 17.1. The molecule has 0 bridgehead atoms. The van der Waals surface area contributed by atoms with Crippen molar-refractivity contribution >= 4 is 11.7 Å². The Morgan fingerprint density at radius 1 is 1.10 bits per heavy atom. The molecule has 0 saturated heterocycles. The molecule has 0 fully saturated rings. The molecule has 2 aromatic heterocycles. The second kappa shape index (κ2) is 7.64. The Balaban J connectivity index is 1.64. The summed E-state index contributed by atoms with van der Waals surface area (Å²) in [4.78, 5) is 17.3. The molecule has 3 heterocycles. The van der Waals surface area contributed by atoms with Crippen LogP contribution in [-0.2, 0) is 4.79 Å². The molecule has 1 aliphatic heterocycles. The highest BCUT2D eigenvalue weighted by Gasteiger charge is 2.34. The van der Waals surface area contributed by atoms with E-state index in [1.165, 1.54) is 0 Å². The summed E-state index contributed by atoms with van der Waals surface area (Å²) in [5, 5.41) is 15.9. The van der Waals surface area contributed by atoms with Gasteiger partial charge in [0.05, 0.1) is 24.7 Å². The number of rotatable bonds is 4. The zero-order chi connectivity index (χ0) is 21.4. The number of aromatic nitrogens is 5. The van der Waals surface area contributed by atoms with Crippen molar-refractivity contribution in [1.29, 1.82) is 0 Å². The molecule has 0 aliphatic carbocycles. The van der Waals surface area contributed by atoms with E-state index in [4.69, 9.17) is 4.74 Å². The monoisotopic (exact) mass is 412 g/mol. The van der Waals surface area contributed by atoms with Gasteiger partial charge in [0.25, 0.3) is 5.95 Å². The van der Waals surface area contributed by atoms with Crippen LogP contribution in [0.15, 0.2) is 60.8 Å². The second-order valence-corrected chi connectivity index (χ2v) is 7.31. The van der Waals surface area contributed by atoms with Gasteiger partial charge in [-0.1, -0.05) is 48.5 Å². The van der Waals surface area contributed by atoms with Crippen molar-refractivity contribution in [2.45, 2.75) is 19.3 Å². The van der Waals surface area contributed by atoms with E-state index in [1.54, 1.807) is 18.0 Å². The standard InChI is InChI=1S/C23H20N6O2/c1-14-21-17(16-10-6-7-11-19(16)31-2)12-20(30)26-22(21)29(28-14)23-25-18(13-24-27-23)15-8-4-3-5-9-15/h3-11,13,17H,12H2,1-2H3,(H,26,30). The van der Waals surface area contributed by atoms with E-state index >= 15 is 0 Å². The number of carbonyl (C=O) groups is 1. The van der Waals surface area contributed by atoms with Crippen LogP contribution < -0.4 is 10.1 Å². The first-order valence-corrected chi connectivity index (χ1v) is 9.93. The summed E-state index contributed by atoms with van der Waals surface area (Å²) in [6.45, 7) is 1.92. The molecule has 5 rings (SSSR count). The van der Waals surface area contributed by atoms with Gasteiger partial charge in [-0.15, -0.1) is 5.10 Å². The molecule has 1 unspecified atom stereocenters. The third-order valence-electron chi connectivity index (χ3n) is 5.42. The lowest BCUT2D eigenvalue weighted by atomic mass is 9.85. The summed E-state index contributed by atoms with van der Waals surface area (Å²) in [6.07, 6.45) is 1.92. The number of hydrogen-bond donors (Lipinski definition) is 1. The SMILES string of the molecule is COc1ccccc1C1CC(=O)Nc2c1c(C)nn2-c1nncc(-c2ccccc2)n1. The van der Waals surface area contributed by atoms with Gasteiger partial charge < -0.3 is 10.1 Å². The van der Waals surface area contributed by atoms with Crippen LogP contribution in [0.1, 0.15) is 29.2 Å². The van der Waals surface area contributed by atoms with Crippen LogP contribution in [0.3, 0.4) is 0 Å². The average molecular weight is 412 g/mol. The first kappa shape index (κ1) is 18.9. The largest absolute Gasteiger partial charge is 0.496 e. The number of hydrogen-bond acceptors (Lipinski definition) is 6. The van der Waals surface area contributed by atoms with Crippen LogP contribution in [0.4, 0.5) is 5.82 Å². The summed E-state index contributed by atoms with van der Waals surface area (Å²) in [6, 6.07) is 17.5. The van der Waals surface area contributed by atoms with Gasteiger partial charge in [-0.05, 0) is 13.0 Å². The van der Waals surface area contributed by atoms with Crippen LogP contribution >= 0.6 is 0 Å². The number of methoxy groups -OCH3 is 1. The van der Waals surface area contributed by atoms with Crippen LogP contribution in [0.2, 0.25) is 0 Å². The van der Waals surface area contributed by atoms with Gasteiger partial charge >= 0.3 is 0 Å². The maximum atomic E-state index is 12.6. The molecule has 31 heavy (non-hydrogen) atoms.